The van der Waals surface area contributed by atoms with Gasteiger partial charge in [0.25, 0.3) is 0 Å². The van der Waals surface area contributed by atoms with Crippen LogP contribution in [0.25, 0.3) is 11.1 Å². The van der Waals surface area contributed by atoms with Gasteiger partial charge in [-0.1, -0.05) is 31.2 Å². The molecular formula is C17H17F3O2. The van der Waals surface area contributed by atoms with Crippen molar-refractivity contribution in [2.75, 3.05) is 13.2 Å². The van der Waals surface area contributed by atoms with Gasteiger partial charge in [0.15, 0.2) is 0 Å². The molecule has 2 nitrogen and oxygen atoms in total. The molecular weight excluding hydrogens is 293 g/mol. The van der Waals surface area contributed by atoms with E-state index < -0.39 is 11.7 Å². The van der Waals surface area contributed by atoms with Crippen molar-refractivity contribution in [2.24, 2.45) is 0 Å². The van der Waals surface area contributed by atoms with Gasteiger partial charge >= 0.3 is 6.18 Å². The normalized spacial score (nSPS) is 11.5. The molecule has 0 aromatic heterocycles. The van der Waals surface area contributed by atoms with E-state index in [1.54, 1.807) is 12.1 Å². The molecule has 0 unspecified atom stereocenters. The van der Waals surface area contributed by atoms with E-state index in [4.69, 9.17) is 9.84 Å². The maximum atomic E-state index is 13.0. The zero-order valence-corrected chi connectivity index (χ0v) is 12.2. The Kier molecular flexibility index (Phi) is 5.08. The van der Waals surface area contributed by atoms with E-state index in [9.17, 15) is 13.2 Å². The lowest BCUT2D eigenvalue weighted by molar-refractivity contribution is -0.137. The van der Waals surface area contributed by atoms with Crippen LogP contribution in [0.15, 0.2) is 42.5 Å². The SMILES string of the molecule is CCc1cccc(-c2cc(OCCO)cc(C(F)(F)F)c2)c1. The Morgan fingerprint density at radius 3 is 2.45 bits per heavy atom. The van der Waals surface area contributed by atoms with Crippen molar-refractivity contribution in [1.29, 1.82) is 0 Å². The number of hydrogen-bond donors (Lipinski definition) is 1. The average molecular weight is 310 g/mol. The smallest absolute Gasteiger partial charge is 0.416 e. The van der Waals surface area contributed by atoms with Gasteiger partial charge in [0.05, 0.1) is 12.2 Å². The molecule has 118 valence electrons. The van der Waals surface area contributed by atoms with E-state index >= 15 is 0 Å². The zero-order chi connectivity index (χ0) is 16.2. The summed E-state index contributed by atoms with van der Waals surface area (Å²) in [5, 5.41) is 8.76. The Morgan fingerprint density at radius 1 is 1.05 bits per heavy atom. The summed E-state index contributed by atoms with van der Waals surface area (Å²) in [4.78, 5) is 0. The van der Waals surface area contributed by atoms with Crippen molar-refractivity contribution in [3.05, 3.63) is 53.6 Å². The van der Waals surface area contributed by atoms with Gasteiger partial charge in [0.1, 0.15) is 12.4 Å². The van der Waals surface area contributed by atoms with Crippen molar-refractivity contribution < 1.29 is 23.0 Å². The van der Waals surface area contributed by atoms with Crippen LogP contribution in [-0.2, 0) is 12.6 Å². The highest BCUT2D eigenvalue weighted by atomic mass is 19.4. The van der Waals surface area contributed by atoms with Crippen molar-refractivity contribution in [1.82, 2.24) is 0 Å². The number of rotatable bonds is 5. The van der Waals surface area contributed by atoms with Crippen LogP contribution in [0.3, 0.4) is 0 Å². The third kappa shape index (κ3) is 4.01. The number of aliphatic hydroxyl groups excluding tert-OH is 1. The van der Waals surface area contributed by atoms with Crippen LogP contribution in [0.2, 0.25) is 0 Å². The van der Waals surface area contributed by atoms with E-state index in [1.165, 1.54) is 0 Å². The number of benzene rings is 2. The van der Waals surface area contributed by atoms with Gasteiger partial charge in [0.2, 0.25) is 0 Å². The second-order valence-corrected chi connectivity index (χ2v) is 4.87. The lowest BCUT2D eigenvalue weighted by Gasteiger charge is -2.13. The molecule has 0 aliphatic rings. The molecule has 1 N–H and O–H groups in total. The number of alkyl halides is 3. The third-order valence-corrected chi connectivity index (χ3v) is 3.26. The minimum Gasteiger partial charge on any atom is -0.491 e. The number of halogens is 3. The van der Waals surface area contributed by atoms with Gasteiger partial charge in [-0.15, -0.1) is 0 Å². The Morgan fingerprint density at radius 2 is 1.82 bits per heavy atom. The second-order valence-electron chi connectivity index (χ2n) is 4.87. The van der Waals surface area contributed by atoms with Crippen LogP contribution >= 0.6 is 0 Å². The molecule has 0 radical (unpaired) electrons. The first kappa shape index (κ1) is 16.4. The molecule has 0 fully saturated rings. The third-order valence-electron chi connectivity index (χ3n) is 3.26. The van der Waals surface area contributed by atoms with E-state index in [2.05, 4.69) is 0 Å². The summed E-state index contributed by atoms with van der Waals surface area (Å²) in [6.07, 6.45) is -3.64. The monoisotopic (exact) mass is 310 g/mol. The molecule has 0 aliphatic heterocycles. The number of aliphatic hydroxyl groups is 1. The molecule has 0 aliphatic carbocycles. The molecule has 2 aromatic carbocycles. The Balaban J connectivity index is 2.48. The van der Waals surface area contributed by atoms with Crippen LogP contribution in [0.5, 0.6) is 5.75 Å². The van der Waals surface area contributed by atoms with Crippen LogP contribution in [-0.4, -0.2) is 18.3 Å². The topological polar surface area (TPSA) is 29.5 Å². The first-order valence-electron chi connectivity index (χ1n) is 6.99. The second kappa shape index (κ2) is 6.83. The van der Waals surface area contributed by atoms with Crippen molar-refractivity contribution >= 4 is 0 Å². The predicted molar refractivity (Wildman–Crippen MR) is 78.8 cm³/mol. The van der Waals surface area contributed by atoms with Crippen molar-refractivity contribution in [2.45, 2.75) is 19.5 Å². The number of ether oxygens (including phenoxy) is 1. The fourth-order valence-corrected chi connectivity index (χ4v) is 2.15. The average Bonchev–Trinajstić information content (AvgIpc) is 2.52. The van der Waals surface area contributed by atoms with Crippen LogP contribution in [0, 0.1) is 0 Å². The molecule has 0 amide bonds. The van der Waals surface area contributed by atoms with E-state index in [0.29, 0.717) is 11.1 Å². The zero-order valence-electron chi connectivity index (χ0n) is 12.2. The molecule has 0 bridgehead atoms. The molecule has 2 aromatic rings. The van der Waals surface area contributed by atoms with Crippen LogP contribution in [0.1, 0.15) is 18.1 Å². The number of aryl methyl sites for hydroxylation is 1. The van der Waals surface area contributed by atoms with Gasteiger partial charge < -0.3 is 9.84 Å². The fourth-order valence-electron chi connectivity index (χ4n) is 2.15. The summed E-state index contributed by atoms with van der Waals surface area (Å²) >= 11 is 0. The summed E-state index contributed by atoms with van der Waals surface area (Å²) in [5.74, 6) is 0.0979. The molecule has 0 saturated carbocycles. The Hall–Kier alpha value is -2.01. The highest BCUT2D eigenvalue weighted by molar-refractivity contribution is 5.67. The van der Waals surface area contributed by atoms with Gasteiger partial charge in [-0.05, 0) is 41.3 Å². The summed E-state index contributed by atoms with van der Waals surface area (Å²) in [6.45, 7) is 1.69. The largest absolute Gasteiger partial charge is 0.491 e. The van der Waals surface area contributed by atoms with E-state index in [0.717, 1.165) is 24.1 Å². The highest BCUT2D eigenvalue weighted by Crippen LogP contribution is 2.35. The van der Waals surface area contributed by atoms with E-state index in [1.807, 2.05) is 25.1 Å². The summed E-state index contributed by atoms with van der Waals surface area (Å²) < 4.78 is 44.2. The molecule has 0 saturated heterocycles. The van der Waals surface area contributed by atoms with Crippen LogP contribution < -0.4 is 4.74 Å². The molecule has 0 spiro atoms. The molecule has 2 rings (SSSR count). The molecule has 22 heavy (non-hydrogen) atoms. The predicted octanol–water partition coefficient (Wildman–Crippen LogP) is 4.31. The van der Waals surface area contributed by atoms with Gasteiger partial charge in [-0.2, -0.15) is 13.2 Å². The van der Waals surface area contributed by atoms with Crippen molar-refractivity contribution in [3.63, 3.8) is 0 Å². The minimum atomic E-state index is -4.45. The minimum absolute atomic E-state index is 0.0459. The lowest BCUT2D eigenvalue weighted by atomic mass is 9.99. The standard InChI is InChI=1S/C17H17F3O2/c1-2-12-4-3-5-13(8-12)14-9-15(17(18,19)20)11-16(10-14)22-7-6-21/h3-5,8-11,21H,2,6-7H2,1H3. The maximum Gasteiger partial charge on any atom is 0.416 e. The van der Waals surface area contributed by atoms with Crippen LogP contribution in [0.4, 0.5) is 13.2 Å². The fraction of sp³-hybridized carbons (Fsp3) is 0.294. The van der Waals surface area contributed by atoms with Gasteiger partial charge in [-0.3, -0.25) is 0 Å². The molecule has 0 heterocycles. The quantitative estimate of drug-likeness (QED) is 0.892. The molecule has 0 atom stereocenters. The summed E-state index contributed by atoms with van der Waals surface area (Å²) in [6, 6.07) is 11.0. The Labute approximate surface area is 127 Å². The summed E-state index contributed by atoms with van der Waals surface area (Å²) in [7, 11) is 0. The molecule has 5 heteroatoms. The first-order valence-corrected chi connectivity index (χ1v) is 6.99. The van der Waals surface area contributed by atoms with Gasteiger partial charge in [-0.25, -0.2) is 0 Å². The van der Waals surface area contributed by atoms with Gasteiger partial charge in [0, 0.05) is 0 Å². The summed E-state index contributed by atoms with van der Waals surface area (Å²) in [5.41, 5.74) is 1.44. The number of hydrogen-bond acceptors (Lipinski definition) is 2. The lowest BCUT2D eigenvalue weighted by Crippen LogP contribution is -2.07. The highest BCUT2D eigenvalue weighted by Gasteiger charge is 2.31. The Bertz CT molecular complexity index is 636. The van der Waals surface area contributed by atoms with E-state index in [-0.39, 0.29) is 19.0 Å². The maximum absolute atomic E-state index is 13.0. The first-order chi connectivity index (χ1) is 10.4. The van der Waals surface area contributed by atoms with Crippen molar-refractivity contribution in [3.8, 4) is 16.9 Å².